The van der Waals surface area contributed by atoms with E-state index >= 15 is 9.59 Å². The minimum atomic E-state index is -1.56. The lowest BCUT2D eigenvalue weighted by atomic mass is 9.74. The maximum absolute atomic E-state index is 15.3. The third-order valence-corrected chi connectivity index (χ3v) is 11.0. The first-order valence-electron chi connectivity index (χ1n) is 18.5. The molecule has 2 fully saturated rings. The van der Waals surface area contributed by atoms with Crippen molar-refractivity contribution in [1.29, 1.82) is 0 Å². The van der Waals surface area contributed by atoms with Gasteiger partial charge in [0.2, 0.25) is 11.8 Å². The molecule has 4 aliphatic heterocycles. The SMILES string of the molecule is COC[C@H]1NC(=O)CC/C=C\CN(Cn2nnc3ccccc32)C(=O)[C@@H]2N([C@H](CO)c3ccccc3)C(=O)[C@H]3[C@H](C(=O)O[C@@H]1c1ccccc1)[C@@H]1C=C[C@]23O1. The minimum absolute atomic E-state index is 0.0331. The molecule has 2 saturated heterocycles. The average molecular weight is 747 g/mol. The number of aliphatic hydroxyl groups is 1. The summed E-state index contributed by atoms with van der Waals surface area (Å²) in [4.78, 5) is 61.3. The number of amides is 3. The van der Waals surface area contributed by atoms with Gasteiger partial charge in [0.25, 0.3) is 5.91 Å². The highest BCUT2D eigenvalue weighted by molar-refractivity contribution is 5.99. The predicted octanol–water partition coefficient (Wildman–Crippen LogP) is 2.87. The van der Waals surface area contributed by atoms with E-state index in [4.69, 9.17) is 14.2 Å². The molecule has 14 heteroatoms. The molecule has 0 saturated carbocycles. The number of fused-ring (bicyclic) bond motifs is 3. The van der Waals surface area contributed by atoms with Crippen LogP contribution < -0.4 is 5.32 Å². The molecule has 1 aromatic heterocycles. The molecule has 3 amide bonds. The summed E-state index contributed by atoms with van der Waals surface area (Å²) < 4.78 is 20.1. The van der Waals surface area contributed by atoms with Gasteiger partial charge in [-0.15, -0.1) is 5.10 Å². The molecule has 5 heterocycles. The van der Waals surface area contributed by atoms with Gasteiger partial charge in [-0.3, -0.25) is 19.2 Å². The number of carbonyl (C=O) groups is 4. The van der Waals surface area contributed by atoms with Crippen molar-refractivity contribution in [2.45, 2.75) is 55.4 Å². The standard InChI is InChI=1S/C41H42N6O8/c1-53-24-29-36(27-15-7-3-8-16-27)54-40(52)34-32-20-21-41(55-32)35(34)38(50)47(31(23-48)26-13-5-2-6-14-26)37(41)39(51)45(22-12-4-9-19-33(49)42-29)25-46-30-18-11-10-17-28(30)43-44-46/h2-8,10-18,20-21,29,31-32,34-37,48H,9,19,22-25H2,1H3,(H,42,49)/b12-4-/t29-,31-,32+,34-,35-,36-,37+,41-/m1/s1. The number of likely N-dealkylation sites (tertiary alicyclic amines) is 1. The number of aliphatic hydroxyl groups excluding tert-OH is 1. The number of aromatic nitrogens is 3. The summed E-state index contributed by atoms with van der Waals surface area (Å²) in [6, 6.07) is 22.4. The number of cyclic esters (lactones) is 1. The first-order chi connectivity index (χ1) is 26.8. The Bertz CT molecular complexity index is 2120. The molecule has 1 spiro atoms. The van der Waals surface area contributed by atoms with E-state index in [9.17, 15) is 14.7 Å². The van der Waals surface area contributed by atoms with Crippen LogP contribution in [0.1, 0.15) is 36.1 Å². The third-order valence-electron chi connectivity index (χ3n) is 11.0. The highest BCUT2D eigenvalue weighted by Crippen LogP contribution is 2.57. The Morgan fingerprint density at radius 3 is 2.47 bits per heavy atom. The summed E-state index contributed by atoms with van der Waals surface area (Å²) in [5.74, 6) is -4.28. The van der Waals surface area contributed by atoms with Crippen LogP contribution in [0.3, 0.4) is 0 Å². The fraction of sp³-hybridized carbons (Fsp3) is 0.366. The first-order valence-corrected chi connectivity index (χ1v) is 18.5. The van der Waals surface area contributed by atoms with Crippen molar-refractivity contribution < 1.29 is 38.5 Å². The van der Waals surface area contributed by atoms with Crippen LogP contribution in [-0.4, -0.2) is 104 Å². The zero-order valence-electron chi connectivity index (χ0n) is 30.2. The number of esters is 1. The Morgan fingerprint density at radius 2 is 1.71 bits per heavy atom. The Balaban J connectivity index is 1.25. The van der Waals surface area contributed by atoms with Crippen molar-refractivity contribution in [1.82, 2.24) is 30.1 Å². The van der Waals surface area contributed by atoms with Gasteiger partial charge < -0.3 is 34.4 Å². The van der Waals surface area contributed by atoms with E-state index in [1.807, 2.05) is 54.6 Å². The van der Waals surface area contributed by atoms with Crippen molar-refractivity contribution >= 4 is 34.7 Å². The molecule has 4 aliphatic rings. The second-order valence-electron chi connectivity index (χ2n) is 14.2. The van der Waals surface area contributed by atoms with Crippen LogP contribution in [0, 0.1) is 11.8 Å². The fourth-order valence-electron chi connectivity index (χ4n) is 8.52. The summed E-state index contributed by atoms with van der Waals surface area (Å²) in [5.41, 5.74) is 1.02. The molecule has 0 radical (unpaired) electrons. The Kier molecular flexibility index (Phi) is 10.0. The molecular weight excluding hydrogens is 704 g/mol. The van der Waals surface area contributed by atoms with Gasteiger partial charge in [0.1, 0.15) is 35.9 Å². The normalized spacial score (nSPS) is 29.3. The monoisotopic (exact) mass is 746 g/mol. The molecular formula is C41H42N6O8. The topological polar surface area (TPSA) is 165 Å². The van der Waals surface area contributed by atoms with Crippen LogP contribution in [0.25, 0.3) is 11.0 Å². The van der Waals surface area contributed by atoms with E-state index in [1.165, 1.54) is 12.0 Å². The summed E-state index contributed by atoms with van der Waals surface area (Å²) >= 11 is 0. The Hall–Kier alpha value is -5.70. The fourth-order valence-corrected chi connectivity index (χ4v) is 8.52. The number of nitrogens with one attached hydrogen (secondary N) is 1. The maximum atomic E-state index is 15.3. The van der Waals surface area contributed by atoms with Gasteiger partial charge in [-0.2, -0.15) is 0 Å². The van der Waals surface area contributed by atoms with Crippen LogP contribution in [0.5, 0.6) is 0 Å². The van der Waals surface area contributed by atoms with Crippen LogP contribution in [0.2, 0.25) is 0 Å². The van der Waals surface area contributed by atoms with E-state index in [2.05, 4.69) is 15.6 Å². The van der Waals surface area contributed by atoms with E-state index < -0.39 is 72.2 Å². The quantitative estimate of drug-likeness (QED) is 0.202. The van der Waals surface area contributed by atoms with Gasteiger partial charge in [-0.1, -0.05) is 102 Å². The molecule has 0 aliphatic carbocycles. The molecule has 3 aromatic carbocycles. The molecule has 8 rings (SSSR count). The van der Waals surface area contributed by atoms with Crippen molar-refractivity contribution in [2.24, 2.45) is 11.8 Å². The summed E-state index contributed by atoms with van der Waals surface area (Å²) in [5, 5.41) is 22.6. The van der Waals surface area contributed by atoms with E-state index in [1.54, 1.807) is 64.2 Å². The largest absolute Gasteiger partial charge is 0.455 e. The maximum Gasteiger partial charge on any atom is 0.313 e. The Morgan fingerprint density at radius 1 is 0.964 bits per heavy atom. The number of ether oxygens (including phenoxy) is 3. The van der Waals surface area contributed by atoms with Gasteiger partial charge in [-0.05, 0) is 29.7 Å². The first kappa shape index (κ1) is 36.3. The predicted molar refractivity (Wildman–Crippen MR) is 197 cm³/mol. The Labute approximate surface area is 317 Å². The molecule has 284 valence electrons. The lowest BCUT2D eigenvalue weighted by Crippen LogP contribution is -2.57. The van der Waals surface area contributed by atoms with Crippen molar-refractivity contribution in [3.63, 3.8) is 0 Å². The summed E-state index contributed by atoms with van der Waals surface area (Å²) in [6.07, 6.45) is 5.69. The number of carbonyl (C=O) groups excluding carboxylic acids is 4. The summed E-state index contributed by atoms with van der Waals surface area (Å²) in [6.45, 7) is -0.401. The zero-order valence-corrected chi connectivity index (χ0v) is 30.2. The molecule has 4 aromatic rings. The summed E-state index contributed by atoms with van der Waals surface area (Å²) in [7, 11) is 1.50. The highest BCUT2D eigenvalue weighted by Gasteiger charge is 2.74. The van der Waals surface area contributed by atoms with Crippen molar-refractivity contribution in [3.05, 3.63) is 120 Å². The number of hydrogen-bond donors (Lipinski definition) is 2. The molecule has 5 bridgehead atoms. The molecule has 0 unspecified atom stereocenters. The molecule has 8 atom stereocenters. The highest BCUT2D eigenvalue weighted by atomic mass is 16.6. The van der Waals surface area contributed by atoms with Crippen molar-refractivity contribution in [3.8, 4) is 0 Å². The van der Waals surface area contributed by atoms with Crippen LogP contribution >= 0.6 is 0 Å². The number of para-hydroxylation sites is 1. The van der Waals surface area contributed by atoms with Crippen LogP contribution in [-0.2, 0) is 40.1 Å². The number of rotatable bonds is 8. The minimum Gasteiger partial charge on any atom is -0.455 e. The van der Waals surface area contributed by atoms with Gasteiger partial charge in [0.05, 0.1) is 42.8 Å². The molecule has 2 N–H and O–H groups in total. The van der Waals surface area contributed by atoms with Gasteiger partial charge in [-0.25, -0.2) is 4.68 Å². The number of benzene rings is 3. The smallest absolute Gasteiger partial charge is 0.313 e. The van der Waals surface area contributed by atoms with Gasteiger partial charge in [0.15, 0.2) is 0 Å². The lowest BCUT2D eigenvalue weighted by Gasteiger charge is -2.38. The number of methoxy groups -OCH3 is 1. The van der Waals surface area contributed by atoms with Crippen molar-refractivity contribution in [2.75, 3.05) is 26.9 Å². The van der Waals surface area contributed by atoms with Gasteiger partial charge in [0, 0.05) is 20.1 Å². The van der Waals surface area contributed by atoms with Gasteiger partial charge >= 0.3 is 5.97 Å². The molecule has 14 nitrogen and oxygen atoms in total. The molecule has 55 heavy (non-hydrogen) atoms. The number of hydrogen-bond acceptors (Lipinski definition) is 10. The number of nitrogens with zero attached hydrogens (tertiary/aromatic N) is 5. The van der Waals surface area contributed by atoms with Crippen LogP contribution in [0.15, 0.2) is 109 Å². The average Bonchev–Trinajstić information content (AvgIpc) is 3.96. The van der Waals surface area contributed by atoms with Crippen LogP contribution in [0.4, 0.5) is 0 Å². The van der Waals surface area contributed by atoms with E-state index in [-0.39, 0.29) is 32.1 Å². The third kappa shape index (κ3) is 6.49. The number of allylic oxidation sites excluding steroid dienone is 1. The second-order valence-corrected chi connectivity index (χ2v) is 14.2. The van der Waals surface area contributed by atoms with E-state index in [0.29, 0.717) is 28.6 Å². The lowest BCUT2D eigenvalue weighted by molar-refractivity contribution is -0.163. The zero-order chi connectivity index (χ0) is 38.1. The second kappa shape index (κ2) is 15.2. The van der Waals surface area contributed by atoms with E-state index in [0.717, 1.165) is 0 Å².